The Morgan fingerprint density at radius 1 is 1.27 bits per heavy atom. The molecule has 0 aliphatic heterocycles. The first-order valence-electron chi connectivity index (χ1n) is 5.80. The average molecular weight is 216 g/mol. The molecule has 0 aliphatic rings. The minimum absolute atomic E-state index is 0.178. The van der Waals surface area contributed by atoms with Crippen LogP contribution in [0.2, 0.25) is 0 Å². The maximum absolute atomic E-state index is 9.23. The Balaban J connectivity index is 3.96. The van der Waals surface area contributed by atoms with Crippen molar-refractivity contribution in [1.82, 2.24) is 10.2 Å². The van der Waals surface area contributed by atoms with Gasteiger partial charge in [0.15, 0.2) is 0 Å². The molecule has 0 aromatic rings. The Hall–Kier alpha value is -0.120. The zero-order valence-electron chi connectivity index (χ0n) is 11.2. The first-order valence-corrected chi connectivity index (χ1v) is 5.80. The van der Waals surface area contributed by atoms with Crippen LogP contribution in [-0.2, 0) is 0 Å². The van der Waals surface area contributed by atoms with E-state index in [1.807, 2.05) is 0 Å². The second-order valence-electron chi connectivity index (χ2n) is 5.96. The molecule has 0 aliphatic carbocycles. The Labute approximate surface area is 94.9 Å². The molecule has 0 aromatic carbocycles. The number of nitrogens with one attached hydrogen (secondary N) is 1. The largest absolute Gasteiger partial charge is 0.395 e. The molecule has 1 unspecified atom stereocenters. The highest BCUT2D eigenvalue weighted by Gasteiger charge is 2.17. The highest BCUT2D eigenvalue weighted by Crippen LogP contribution is 2.14. The predicted octanol–water partition coefficient (Wildman–Crippen LogP) is 1.32. The molecular formula is C12H28N2O. The van der Waals surface area contributed by atoms with Crippen LogP contribution in [-0.4, -0.2) is 48.8 Å². The van der Waals surface area contributed by atoms with E-state index in [-0.39, 0.29) is 12.6 Å². The number of hydrogen-bond acceptors (Lipinski definition) is 3. The zero-order chi connectivity index (χ0) is 12.1. The fourth-order valence-corrected chi connectivity index (χ4v) is 1.89. The number of likely N-dealkylation sites (N-methyl/N-ethyl adjacent to an activating group) is 1. The van der Waals surface area contributed by atoms with Crippen molar-refractivity contribution >= 4 is 0 Å². The number of aliphatic hydroxyl groups excluding tert-OH is 1. The van der Waals surface area contributed by atoms with Gasteiger partial charge in [-0.2, -0.15) is 0 Å². The van der Waals surface area contributed by atoms with E-state index in [1.165, 1.54) is 0 Å². The van der Waals surface area contributed by atoms with Crippen molar-refractivity contribution in [2.24, 2.45) is 5.41 Å². The van der Waals surface area contributed by atoms with Crippen molar-refractivity contribution in [3.63, 3.8) is 0 Å². The zero-order valence-corrected chi connectivity index (χ0v) is 11.2. The topological polar surface area (TPSA) is 35.5 Å². The van der Waals surface area contributed by atoms with Crippen molar-refractivity contribution in [2.45, 2.75) is 46.7 Å². The number of aliphatic hydroxyl groups is 1. The summed E-state index contributed by atoms with van der Waals surface area (Å²) in [7, 11) is 2.11. The Kier molecular flexibility index (Phi) is 6.41. The second kappa shape index (κ2) is 6.46. The van der Waals surface area contributed by atoms with E-state index in [0.29, 0.717) is 11.5 Å². The van der Waals surface area contributed by atoms with Crippen molar-refractivity contribution in [3.8, 4) is 0 Å². The Morgan fingerprint density at radius 2 is 1.80 bits per heavy atom. The third-order valence-corrected chi connectivity index (χ3v) is 2.07. The van der Waals surface area contributed by atoms with E-state index in [2.05, 4.69) is 51.9 Å². The van der Waals surface area contributed by atoms with Crippen LogP contribution in [0.3, 0.4) is 0 Å². The molecule has 0 spiro atoms. The van der Waals surface area contributed by atoms with Gasteiger partial charge in [-0.3, -0.25) is 0 Å². The van der Waals surface area contributed by atoms with Gasteiger partial charge in [-0.25, -0.2) is 0 Å². The van der Waals surface area contributed by atoms with Crippen LogP contribution in [0.25, 0.3) is 0 Å². The SMILES string of the molecule is CC(C)NC(CO)CN(C)CC(C)(C)C. The molecule has 92 valence electrons. The van der Waals surface area contributed by atoms with Gasteiger partial charge in [0.1, 0.15) is 0 Å². The Bertz CT molecular complexity index is 163. The van der Waals surface area contributed by atoms with Crippen LogP contribution >= 0.6 is 0 Å². The summed E-state index contributed by atoms with van der Waals surface area (Å²) in [6, 6.07) is 0.600. The molecule has 3 heteroatoms. The molecule has 0 bridgehead atoms. The maximum Gasteiger partial charge on any atom is 0.0597 e. The van der Waals surface area contributed by atoms with Gasteiger partial charge < -0.3 is 15.3 Å². The third-order valence-electron chi connectivity index (χ3n) is 2.07. The average Bonchev–Trinajstić information content (AvgIpc) is 1.98. The summed E-state index contributed by atoms with van der Waals surface area (Å²) in [6.45, 7) is 13.0. The molecule has 0 saturated carbocycles. The van der Waals surface area contributed by atoms with Crippen LogP contribution in [0.4, 0.5) is 0 Å². The molecular weight excluding hydrogens is 188 g/mol. The maximum atomic E-state index is 9.23. The highest BCUT2D eigenvalue weighted by atomic mass is 16.3. The molecule has 15 heavy (non-hydrogen) atoms. The standard InChI is InChI=1S/C12H28N2O/c1-10(2)13-11(8-15)7-14(6)9-12(3,4)5/h10-11,13,15H,7-9H2,1-6H3. The van der Waals surface area contributed by atoms with Crippen molar-refractivity contribution in [3.05, 3.63) is 0 Å². The van der Waals surface area contributed by atoms with Gasteiger partial charge in [0.05, 0.1) is 6.61 Å². The summed E-state index contributed by atoms with van der Waals surface area (Å²) >= 11 is 0. The fourth-order valence-electron chi connectivity index (χ4n) is 1.89. The molecule has 0 heterocycles. The smallest absolute Gasteiger partial charge is 0.0597 e. The van der Waals surface area contributed by atoms with Crippen LogP contribution in [0, 0.1) is 5.41 Å². The van der Waals surface area contributed by atoms with Gasteiger partial charge in [0, 0.05) is 25.2 Å². The quantitative estimate of drug-likeness (QED) is 0.703. The number of nitrogens with zero attached hydrogens (tertiary/aromatic N) is 1. The second-order valence-corrected chi connectivity index (χ2v) is 5.96. The van der Waals surface area contributed by atoms with Gasteiger partial charge in [0.25, 0.3) is 0 Å². The van der Waals surface area contributed by atoms with Crippen LogP contribution in [0.15, 0.2) is 0 Å². The lowest BCUT2D eigenvalue weighted by Crippen LogP contribution is -2.46. The fraction of sp³-hybridized carbons (Fsp3) is 1.00. The van der Waals surface area contributed by atoms with Gasteiger partial charge in [-0.05, 0) is 12.5 Å². The highest BCUT2D eigenvalue weighted by molar-refractivity contribution is 4.74. The van der Waals surface area contributed by atoms with E-state index < -0.39 is 0 Å². The van der Waals surface area contributed by atoms with Crippen molar-refractivity contribution < 1.29 is 5.11 Å². The van der Waals surface area contributed by atoms with Gasteiger partial charge in [-0.1, -0.05) is 34.6 Å². The van der Waals surface area contributed by atoms with Crippen LogP contribution < -0.4 is 5.32 Å². The predicted molar refractivity (Wildman–Crippen MR) is 66.1 cm³/mol. The molecule has 0 fully saturated rings. The first kappa shape index (κ1) is 14.9. The summed E-state index contributed by atoms with van der Waals surface area (Å²) in [5, 5.41) is 12.6. The summed E-state index contributed by atoms with van der Waals surface area (Å²) < 4.78 is 0. The van der Waals surface area contributed by atoms with Gasteiger partial charge >= 0.3 is 0 Å². The van der Waals surface area contributed by atoms with E-state index in [9.17, 15) is 5.11 Å². The molecule has 0 aromatic heterocycles. The summed E-state index contributed by atoms with van der Waals surface area (Å²) in [6.07, 6.45) is 0. The monoisotopic (exact) mass is 216 g/mol. The lowest BCUT2D eigenvalue weighted by Gasteiger charge is -2.30. The molecule has 0 radical (unpaired) electrons. The number of rotatable bonds is 6. The van der Waals surface area contributed by atoms with Crippen LogP contribution in [0.1, 0.15) is 34.6 Å². The molecule has 0 rings (SSSR count). The first-order chi connectivity index (χ1) is 6.74. The van der Waals surface area contributed by atoms with E-state index in [4.69, 9.17) is 0 Å². The van der Waals surface area contributed by atoms with Crippen LogP contribution in [0.5, 0.6) is 0 Å². The molecule has 3 nitrogen and oxygen atoms in total. The number of hydrogen-bond donors (Lipinski definition) is 2. The van der Waals surface area contributed by atoms with E-state index in [0.717, 1.165) is 13.1 Å². The summed E-state index contributed by atoms with van der Waals surface area (Å²) in [5.41, 5.74) is 0.312. The normalized spacial score (nSPS) is 15.0. The van der Waals surface area contributed by atoms with E-state index in [1.54, 1.807) is 0 Å². The Morgan fingerprint density at radius 3 is 2.13 bits per heavy atom. The lowest BCUT2D eigenvalue weighted by atomic mass is 9.96. The summed E-state index contributed by atoms with van der Waals surface area (Å²) in [4.78, 5) is 2.27. The molecule has 1 atom stereocenters. The molecule has 0 amide bonds. The van der Waals surface area contributed by atoms with Crippen molar-refractivity contribution in [2.75, 3.05) is 26.7 Å². The minimum Gasteiger partial charge on any atom is -0.395 e. The van der Waals surface area contributed by atoms with Gasteiger partial charge in [0.2, 0.25) is 0 Å². The van der Waals surface area contributed by atoms with Gasteiger partial charge in [-0.15, -0.1) is 0 Å². The lowest BCUT2D eigenvalue weighted by molar-refractivity contribution is 0.164. The minimum atomic E-state index is 0.178. The van der Waals surface area contributed by atoms with E-state index >= 15 is 0 Å². The molecule has 0 saturated heterocycles. The molecule has 2 N–H and O–H groups in total. The third kappa shape index (κ3) is 8.85. The summed E-state index contributed by atoms with van der Waals surface area (Å²) in [5.74, 6) is 0. The van der Waals surface area contributed by atoms with Crippen molar-refractivity contribution in [1.29, 1.82) is 0 Å².